The fraction of sp³-hybridized carbons (Fsp3) is 0.294. The molecule has 4 heteroatoms. The Morgan fingerprint density at radius 1 is 1.24 bits per heavy atom. The van der Waals surface area contributed by atoms with Gasteiger partial charge >= 0.3 is 0 Å². The van der Waals surface area contributed by atoms with Crippen LogP contribution in [0.3, 0.4) is 0 Å². The number of nitrogens with zero attached hydrogens (tertiary/aromatic N) is 1. The van der Waals surface area contributed by atoms with Crippen LogP contribution < -0.4 is 0 Å². The van der Waals surface area contributed by atoms with Gasteiger partial charge in [-0.2, -0.15) is 0 Å². The molecule has 1 heterocycles. The Balaban J connectivity index is 2.11. The van der Waals surface area contributed by atoms with E-state index in [1.807, 2.05) is 12.1 Å². The molecule has 1 atom stereocenters. The fourth-order valence-corrected chi connectivity index (χ4v) is 3.50. The molecular formula is C17H17ClINO. The second-order valence-corrected chi connectivity index (χ2v) is 7.27. The molecule has 1 N–H and O–H groups in total. The van der Waals surface area contributed by atoms with E-state index in [4.69, 9.17) is 11.6 Å². The van der Waals surface area contributed by atoms with Gasteiger partial charge in [0.2, 0.25) is 0 Å². The number of rotatable bonds is 1. The van der Waals surface area contributed by atoms with E-state index in [2.05, 4.69) is 58.8 Å². The minimum absolute atomic E-state index is 0.176. The summed E-state index contributed by atoms with van der Waals surface area (Å²) in [6.07, 6.45) is 0.965. The molecule has 0 saturated heterocycles. The predicted molar refractivity (Wildman–Crippen MR) is 95.3 cm³/mol. The van der Waals surface area contributed by atoms with Crippen molar-refractivity contribution in [2.24, 2.45) is 0 Å². The Kier molecular flexibility index (Phi) is 4.43. The lowest BCUT2D eigenvalue weighted by molar-refractivity contribution is 0.338. The Morgan fingerprint density at radius 3 is 2.67 bits per heavy atom. The van der Waals surface area contributed by atoms with Gasteiger partial charge in [-0.05, 0) is 77.0 Å². The number of aromatic hydroxyl groups is 1. The molecule has 0 saturated carbocycles. The highest BCUT2D eigenvalue weighted by Gasteiger charge is 2.24. The largest absolute Gasteiger partial charge is 0.506 e. The van der Waals surface area contributed by atoms with E-state index in [1.165, 1.54) is 20.3 Å². The van der Waals surface area contributed by atoms with Gasteiger partial charge in [-0.3, -0.25) is 0 Å². The molecule has 0 amide bonds. The van der Waals surface area contributed by atoms with Crippen LogP contribution in [0.25, 0.3) is 0 Å². The molecule has 3 rings (SSSR count). The molecule has 2 nitrogen and oxygen atoms in total. The number of hydrogen-bond acceptors (Lipinski definition) is 2. The van der Waals surface area contributed by atoms with Gasteiger partial charge in [-0.15, -0.1) is 0 Å². The first-order valence-electron chi connectivity index (χ1n) is 7.00. The Hall–Kier alpha value is -0.780. The molecule has 1 unspecified atom stereocenters. The third-order valence-electron chi connectivity index (χ3n) is 4.11. The number of fused-ring (bicyclic) bond motifs is 1. The Morgan fingerprint density at radius 2 is 1.95 bits per heavy atom. The second kappa shape index (κ2) is 6.15. The molecule has 1 aliphatic heterocycles. The molecule has 110 valence electrons. The molecule has 2 aromatic rings. The molecule has 21 heavy (non-hydrogen) atoms. The second-order valence-electron chi connectivity index (χ2n) is 5.62. The van der Waals surface area contributed by atoms with E-state index in [1.54, 1.807) is 0 Å². The van der Waals surface area contributed by atoms with Crippen molar-refractivity contribution in [3.63, 3.8) is 0 Å². The zero-order valence-corrected chi connectivity index (χ0v) is 14.7. The maximum absolute atomic E-state index is 10.00. The van der Waals surface area contributed by atoms with Gasteiger partial charge in [0.1, 0.15) is 5.75 Å². The molecule has 0 aliphatic carbocycles. The van der Waals surface area contributed by atoms with Crippen molar-refractivity contribution in [3.05, 3.63) is 61.7 Å². The van der Waals surface area contributed by atoms with Crippen LogP contribution in [0.15, 0.2) is 36.4 Å². The lowest BCUT2D eigenvalue weighted by atomic mass is 9.88. The van der Waals surface area contributed by atoms with Crippen molar-refractivity contribution in [3.8, 4) is 5.75 Å². The molecule has 0 spiro atoms. The van der Waals surface area contributed by atoms with Crippen LogP contribution in [0.5, 0.6) is 5.75 Å². The third-order valence-corrected chi connectivity index (χ3v) is 5.14. The highest BCUT2D eigenvalue weighted by molar-refractivity contribution is 14.1. The summed E-state index contributed by atoms with van der Waals surface area (Å²) in [6.45, 7) is 1.96. The first-order valence-corrected chi connectivity index (χ1v) is 8.45. The van der Waals surface area contributed by atoms with Crippen molar-refractivity contribution in [2.75, 3.05) is 20.1 Å². The summed E-state index contributed by atoms with van der Waals surface area (Å²) in [5.74, 6) is 0.447. The van der Waals surface area contributed by atoms with Gasteiger partial charge in [0, 0.05) is 22.6 Å². The van der Waals surface area contributed by atoms with Crippen molar-refractivity contribution in [1.82, 2.24) is 4.90 Å². The van der Waals surface area contributed by atoms with Crippen molar-refractivity contribution in [2.45, 2.75) is 12.3 Å². The molecule has 0 aromatic heterocycles. The third kappa shape index (κ3) is 3.20. The highest BCUT2D eigenvalue weighted by Crippen LogP contribution is 2.36. The van der Waals surface area contributed by atoms with Gasteiger partial charge in [0.25, 0.3) is 0 Å². The quantitative estimate of drug-likeness (QED) is 0.709. The normalized spacial score (nSPS) is 19.1. The standard InChI is InChI=1S/C17H17ClINO/c1-20-7-6-12-8-16(18)17(21)9-14(12)15(10-20)11-2-4-13(19)5-3-11/h2-5,8-9,15,21H,6-7,10H2,1H3/i19-2. The van der Waals surface area contributed by atoms with Crippen LogP contribution in [0.2, 0.25) is 5.02 Å². The predicted octanol–water partition coefficient (Wildman–Crippen LogP) is 4.27. The highest BCUT2D eigenvalue weighted by atomic mass is 125. The number of phenols is 1. The number of benzene rings is 2. The summed E-state index contributed by atoms with van der Waals surface area (Å²) in [4.78, 5) is 2.34. The van der Waals surface area contributed by atoms with Gasteiger partial charge in [0.15, 0.2) is 0 Å². The topological polar surface area (TPSA) is 23.5 Å². The fourth-order valence-electron chi connectivity index (χ4n) is 2.95. The van der Waals surface area contributed by atoms with Gasteiger partial charge in [0.05, 0.1) is 5.02 Å². The molecule has 2 aromatic carbocycles. The van der Waals surface area contributed by atoms with E-state index in [-0.39, 0.29) is 11.7 Å². The van der Waals surface area contributed by atoms with Crippen LogP contribution in [-0.4, -0.2) is 30.1 Å². The van der Waals surface area contributed by atoms with E-state index in [0.717, 1.165) is 19.5 Å². The van der Waals surface area contributed by atoms with Crippen LogP contribution >= 0.6 is 34.2 Å². The zero-order chi connectivity index (χ0) is 15.0. The number of halogens is 2. The smallest absolute Gasteiger partial charge is 0.134 e. The summed E-state index contributed by atoms with van der Waals surface area (Å²) in [5, 5.41) is 10.4. The van der Waals surface area contributed by atoms with Crippen LogP contribution in [-0.2, 0) is 6.42 Å². The molecule has 0 fully saturated rings. The van der Waals surface area contributed by atoms with Crippen molar-refractivity contribution >= 4 is 34.2 Å². The Labute approximate surface area is 143 Å². The van der Waals surface area contributed by atoms with Crippen LogP contribution in [0.1, 0.15) is 22.6 Å². The summed E-state index contributed by atoms with van der Waals surface area (Å²) in [7, 11) is 2.15. The number of phenolic OH excluding ortho intramolecular Hbond substituents is 1. The van der Waals surface area contributed by atoms with Crippen molar-refractivity contribution in [1.29, 1.82) is 0 Å². The monoisotopic (exact) mass is 411 g/mol. The minimum Gasteiger partial charge on any atom is -0.506 e. The maximum Gasteiger partial charge on any atom is 0.134 e. The van der Waals surface area contributed by atoms with E-state index >= 15 is 0 Å². The summed E-state index contributed by atoms with van der Waals surface area (Å²) >= 11 is 8.41. The van der Waals surface area contributed by atoms with Gasteiger partial charge < -0.3 is 10.0 Å². The van der Waals surface area contributed by atoms with E-state index in [9.17, 15) is 5.11 Å². The lowest BCUT2D eigenvalue weighted by Gasteiger charge is -2.22. The molecule has 0 bridgehead atoms. The number of likely N-dealkylation sites (N-methyl/N-ethyl adjacent to an activating group) is 1. The molecule has 0 radical (unpaired) electrons. The Bertz CT molecular complexity index is 657. The number of hydrogen-bond donors (Lipinski definition) is 1. The molecular weight excluding hydrogens is 395 g/mol. The minimum atomic E-state index is 0.176. The van der Waals surface area contributed by atoms with Crippen molar-refractivity contribution < 1.29 is 5.11 Å². The lowest BCUT2D eigenvalue weighted by Crippen LogP contribution is -2.24. The summed E-state index contributed by atoms with van der Waals surface area (Å²) in [6, 6.07) is 12.4. The summed E-state index contributed by atoms with van der Waals surface area (Å²) in [5.41, 5.74) is 3.72. The zero-order valence-electron chi connectivity index (χ0n) is 11.8. The van der Waals surface area contributed by atoms with Crippen LogP contribution in [0, 0.1) is 3.57 Å². The average Bonchev–Trinajstić information content (AvgIpc) is 2.61. The molecule has 1 aliphatic rings. The first-order chi connectivity index (χ1) is 10.0. The van der Waals surface area contributed by atoms with Crippen LogP contribution in [0.4, 0.5) is 0 Å². The van der Waals surface area contributed by atoms with Gasteiger partial charge in [-0.1, -0.05) is 23.7 Å². The SMILES string of the molecule is CN1CCc2cc(Cl)c(O)cc2C(c2ccc([125I])cc2)C1. The summed E-state index contributed by atoms with van der Waals surface area (Å²) < 4.78 is 1.23. The first kappa shape index (κ1) is 15.1. The maximum atomic E-state index is 10.00. The van der Waals surface area contributed by atoms with E-state index < -0.39 is 0 Å². The van der Waals surface area contributed by atoms with E-state index in [0.29, 0.717) is 5.02 Å². The van der Waals surface area contributed by atoms with Gasteiger partial charge in [-0.25, -0.2) is 0 Å². The average molecular weight is 412 g/mol.